The van der Waals surface area contributed by atoms with Crippen LogP contribution < -0.4 is 5.32 Å². The summed E-state index contributed by atoms with van der Waals surface area (Å²) in [5.74, 6) is 0. The first-order chi connectivity index (χ1) is 9.24. The molecule has 0 saturated carbocycles. The third-order valence-electron chi connectivity index (χ3n) is 4.43. The summed E-state index contributed by atoms with van der Waals surface area (Å²) in [6.45, 7) is 3.43. The molecule has 2 heterocycles. The molecule has 2 saturated heterocycles. The summed E-state index contributed by atoms with van der Waals surface area (Å²) >= 11 is 9.72. The summed E-state index contributed by atoms with van der Waals surface area (Å²) in [6.07, 6.45) is 5.39. The lowest BCUT2D eigenvalue weighted by Crippen LogP contribution is -2.44. The molecule has 0 aromatic heterocycles. The molecule has 1 N–H and O–H groups in total. The summed E-state index contributed by atoms with van der Waals surface area (Å²) in [7, 11) is 0. The van der Waals surface area contributed by atoms with Crippen molar-refractivity contribution in [2.24, 2.45) is 0 Å². The standard InChI is InChI=1S/C15H20BrClN2/c16-12-5-4-11(13(17)9-12)10-18-14-6-8-19-7-2-1-3-15(14)19/h4-5,9,14-15,18H,1-3,6-8,10H2. The topological polar surface area (TPSA) is 15.3 Å². The molecule has 104 valence electrons. The minimum Gasteiger partial charge on any atom is -0.308 e. The smallest absolute Gasteiger partial charge is 0.0462 e. The molecule has 0 amide bonds. The second-order valence-corrected chi connectivity index (χ2v) is 6.93. The lowest BCUT2D eigenvalue weighted by Gasteiger charge is -2.32. The van der Waals surface area contributed by atoms with Gasteiger partial charge in [0, 0.05) is 34.7 Å². The molecule has 4 heteroatoms. The van der Waals surface area contributed by atoms with Crippen molar-refractivity contribution >= 4 is 27.5 Å². The van der Waals surface area contributed by atoms with Crippen molar-refractivity contribution < 1.29 is 0 Å². The van der Waals surface area contributed by atoms with E-state index in [2.05, 4.69) is 38.3 Å². The van der Waals surface area contributed by atoms with Crippen molar-refractivity contribution in [3.05, 3.63) is 33.3 Å². The average molecular weight is 344 g/mol. The van der Waals surface area contributed by atoms with E-state index in [1.807, 2.05) is 6.07 Å². The number of fused-ring (bicyclic) bond motifs is 1. The zero-order valence-corrected chi connectivity index (χ0v) is 13.4. The molecule has 0 aliphatic carbocycles. The van der Waals surface area contributed by atoms with Gasteiger partial charge in [-0.3, -0.25) is 4.90 Å². The first-order valence-corrected chi connectivity index (χ1v) is 8.32. The average Bonchev–Trinajstić information content (AvgIpc) is 2.81. The largest absolute Gasteiger partial charge is 0.308 e. The van der Waals surface area contributed by atoms with Gasteiger partial charge in [0.2, 0.25) is 0 Å². The molecule has 0 radical (unpaired) electrons. The monoisotopic (exact) mass is 342 g/mol. The van der Waals surface area contributed by atoms with E-state index in [9.17, 15) is 0 Å². The van der Waals surface area contributed by atoms with Crippen LogP contribution in [0.25, 0.3) is 0 Å². The Kier molecular flexibility index (Phi) is 4.47. The van der Waals surface area contributed by atoms with Gasteiger partial charge in [0.15, 0.2) is 0 Å². The number of benzene rings is 1. The van der Waals surface area contributed by atoms with Gasteiger partial charge in [-0.2, -0.15) is 0 Å². The molecule has 0 bridgehead atoms. The molecule has 1 aromatic carbocycles. The van der Waals surface area contributed by atoms with Crippen LogP contribution in [0.1, 0.15) is 31.2 Å². The Morgan fingerprint density at radius 1 is 1.26 bits per heavy atom. The fourth-order valence-electron chi connectivity index (χ4n) is 3.39. The Bertz CT molecular complexity index is 452. The van der Waals surface area contributed by atoms with Gasteiger partial charge in [-0.15, -0.1) is 0 Å². The Labute approximate surface area is 128 Å². The lowest BCUT2D eigenvalue weighted by molar-refractivity contribution is 0.180. The maximum atomic E-state index is 6.27. The number of piperidine rings is 1. The van der Waals surface area contributed by atoms with Crippen molar-refractivity contribution in [3.8, 4) is 0 Å². The zero-order chi connectivity index (χ0) is 13.2. The van der Waals surface area contributed by atoms with Gasteiger partial charge in [-0.1, -0.05) is 40.0 Å². The molecule has 19 heavy (non-hydrogen) atoms. The molecule has 2 unspecified atom stereocenters. The van der Waals surface area contributed by atoms with E-state index in [1.54, 1.807) is 0 Å². The van der Waals surface area contributed by atoms with Crippen LogP contribution >= 0.6 is 27.5 Å². The summed E-state index contributed by atoms with van der Waals surface area (Å²) in [5.41, 5.74) is 1.19. The van der Waals surface area contributed by atoms with E-state index in [1.165, 1.54) is 44.3 Å². The molecule has 2 aliphatic rings. The van der Waals surface area contributed by atoms with Crippen LogP contribution in [0.2, 0.25) is 5.02 Å². The number of hydrogen-bond acceptors (Lipinski definition) is 2. The minimum absolute atomic E-state index is 0.639. The van der Waals surface area contributed by atoms with Crippen molar-refractivity contribution in [1.29, 1.82) is 0 Å². The van der Waals surface area contributed by atoms with Gasteiger partial charge in [-0.05, 0) is 43.5 Å². The quantitative estimate of drug-likeness (QED) is 0.897. The fraction of sp³-hybridized carbons (Fsp3) is 0.600. The van der Waals surface area contributed by atoms with Gasteiger partial charge in [-0.25, -0.2) is 0 Å². The lowest BCUT2D eigenvalue weighted by atomic mass is 9.99. The van der Waals surface area contributed by atoms with Crippen molar-refractivity contribution in [2.75, 3.05) is 13.1 Å². The number of rotatable bonds is 3. The molecule has 2 atom stereocenters. The van der Waals surface area contributed by atoms with E-state index >= 15 is 0 Å². The second kappa shape index (κ2) is 6.13. The fourth-order valence-corrected chi connectivity index (χ4v) is 4.13. The first-order valence-electron chi connectivity index (χ1n) is 7.15. The molecular formula is C15H20BrClN2. The highest BCUT2D eigenvalue weighted by Crippen LogP contribution is 2.28. The number of nitrogens with one attached hydrogen (secondary N) is 1. The van der Waals surface area contributed by atoms with Gasteiger partial charge in [0.05, 0.1) is 0 Å². The highest BCUT2D eigenvalue weighted by Gasteiger charge is 2.34. The highest BCUT2D eigenvalue weighted by molar-refractivity contribution is 9.10. The SMILES string of the molecule is Clc1cc(Br)ccc1CNC1CCN2CCCCC12. The Hall–Kier alpha value is -0.0900. The van der Waals surface area contributed by atoms with Gasteiger partial charge in [0.1, 0.15) is 0 Å². The normalized spacial score (nSPS) is 27.5. The molecule has 2 aliphatic heterocycles. The molecule has 2 fully saturated rings. The Morgan fingerprint density at radius 2 is 2.16 bits per heavy atom. The summed E-state index contributed by atoms with van der Waals surface area (Å²) in [5, 5.41) is 4.56. The molecule has 1 aromatic rings. The molecule has 2 nitrogen and oxygen atoms in total. The predicted octanol–water partition coefficient (Wildman–Crippen LogP) is 3.82. The van der Waals surface area contributed by atoms with Crippen LogP contribution in [-0.4, -0.2) is 30.1 Å². The Balaban J connectivity index is 1.60. The van der Waals surface area contributed by atoms with Crippen molar-refractivity contribution in [2.45, 2.75) is 44.3 Å². The van der Waals surface area contributed by atoms with Crippen molar-refractivity contribution in [3.63, 3.8) is 0 Å². The van der Waals surface area contributed by atoms with E-state index in [-0.39, 0.29) is 0 Å². The number of nitrogens with zero attached hydrogens (tertiary/aromatic N) is 1. The molecular weight excluding hydrogens is 324 g/mol. The number of hydrogen-bond donors (Lipinski definition) is 1. The molecule has 3 rings (SSSR count). The van der Waals surface area contributed by atoms with E-state index in [4.69, 9.17) is 11.6 Å². The predicted molar refractivity (Wildman–Crippen MR) is 83.6 cm³/mol. The summed E-state index contributed by atoms with van der Waals surface area (Å²) < 4.78 is 1.04. The van der Waals surface area contributed by atoms with Gasteiger partial charge in [0.25, 0.3) is 0 Å². The van der Waals surface area contributed by atoms with E-state index in [0.29, 0.717) is 6.04 Å². The second-order valence-electron chi connectivity index (χ2n) is 5.61. The van der Waals surface area contributed by atoms with Gasteiger partial charge >= 0.3 is 0 Å². The summed E-state index contributed by atoms with van der Waals surface area (Å²) in [6, 6.07) is 7.53. The van der Waals surface area contributed by atoms with E-state index in [0.717, 1.165) is 22.1 Å². The van der Waals surface area contributed by atoms with Crippen LogP contribution in [0.15, 0.2) is 22.7 Å². The van der Waals surface area contributed by atoms with Crippen molar-refractivity contribution in [1.82, 2.24) is 10.2 Å². The summed E-state index contributed by atoms with van der Waals surface area (Å²) in [4.78, 5) is 2.66. The minimum atomic E-state index is 0.639. The first kappa shape index (κ1) is 13.9. The maximum absolute atomic E-state index is 6.27. The van der Waals surface area contributed by atoms with E-state index < -0.39 is 0 Å². The third kappa shape index (κ3) is 3.15. The maximum Gasteiger partial charge on any atom is 0.0462 e. The van der Waals surface area contributed by atoms with Crippen LogP contribution in [-0.2, 0) is 6.54 Å². The van der Waals surface area contributed by atoms with Gasteiger partial charge < -0.3 is 5.32 Å². The Morgan fingerprint density at radius 3 is 3.00 bits per heavy atom. The van der Waals surface area contributed by atoms with Crippen LogP contribution in [0.4, 0.5) is 0 Å². The molecule has 0 spiro atoms. The zero-order valence-electron chi connectivity index (χ0n) is 11.0. The van der Waals surface area contributed by atoms with Crippen LogP contribution in [0.3, 0.4) is 0 Å². The number of halogens is 2. The highest BCUT2D eigenvalue weighted by atomic mass is 79.9. The van der Waals surface area contributed by atoms with Crippen LogP contribution in [0, 0.1) is 0 Å². The van der Waals surface area contributed by atoms with Crippen LogP contribution in [0.5, 0.6) is 0 Å². The third-order valence-corrected chi connectivity index (χ3v) is 5.27.